The Morgan fingerprint density at radius 3 is 2.19 bits per heavy atom. The van der Waals surface area contributed by atoms with Crippen LogP contribution in [0.3, 0.4) is 0 Å². The molecule has 0 heterocycles. The normalized spacial score (nSPS) is 27.5. The van der Waals surface area contributed by atoms with Gasteiger partial charge in [0, 0.05) is 11.1 Å². The van der Waals surface area contributed by atoms with Gasteiger partial charge in [0.2, 0.25) is 0 Å². The van der Waals surface area contributed by atoms with Crippen LogP contribution >= 0.6 is 0 Å². The molecule has 4 nitrogen and oxygen atoms in total. The summed E-state index contributed by atoms with van der Waals surface area (Å²) >= 11 is 0. The van der Waals surface area contributed by atoms with Crippen molar-refractivity contribution < 1.29 is 56.9 Å². The zero-order valence-electron chi connectivity index (χ0n) is 19.3. The predicted molar refractivity (Wildman–Crippen MR) is 114 cm³/mol. The highest BCUT2D eigenvalue weighted by Gasteiger charge is 2.58. The van der Waals surface area contributed by atoms with E-state index in [9.17, 15) is 43.5 Å². The van der Waals surface area contributed by atoms with Gasteiger partial charge in [-0.05, 0) is 36.8 Å². The highest BCUT2D eigenvalue weighted by molar-refractivity contribution is 7.87. The fourth-order valence-corrected chi connectivity index (χ4v) is 5.44. The van der Waals surface area contributed by atoms with Crippen molar-refractivity contribution >= 4 is 15.7 Å². The fraction of sp³-hybridized carbons (Fsp3) is 0.565. The summed E-state index contributed by atoms with van der Waals surface area (Å²) < 4.78 is 156. The van der Waals surface area contributed by atoms with Crippen LogP contribution in [0.4, 0.5) is 39.5 Å². The van der Waals surface area contributed by atoms with Crippen LogP contribution in [-0.4, -0.2) is 32.1 Å². The van der Waals surface area contributed by atoms with E-state index in [4.69, 9.17) is 0 Å². The van der Waals surface area contributed by atoms with Crippen LogP contribution in [-0.2, 0) is 19.0 Å². The molecule has 1 saturated carbocycles. The maximum Gasteiger partial charge on any atom is 0.534 e. The Morgan fingerprint density at radius 2 is 1.65 bits per heavy atom. The summed E-state index contributed by atoms with van der Waals surface area (Å²) in [7, 11) is -6.62. The zero-order chi connectivity index (χ0) is 27.8. The Kier molecular flexibility index (Phi) is 8.33. The van der Waals surface area contributed by atoms with E-state index in [1.807, 2.05) is 6.92 Å². The lowest BCUT2D eigenvalue weighted by Gasteiger charge is -2.45. The maximum atomic E-state index is 16.1. The molecule has 1 aromatic carbocycles. The Labute approximate surface area is 207 Å². The first-order valence-electron chi connectivity index (χ1n) is 11.3. The summed E-state index contributed by atoms with van der Waals surface area (Å²) in [5.41, 5.74) is -11.0. The van der Waals surface area contributed by atoms with Gasteiger partial charge in [0.25, 0.3) is 0 Å². The minimum Gasteiger partial charge on any atom is -0.377 e. The van der Waals surface area contributed by atoms with Crippen molar-refractivity contribution in [2.75, 3.05) is 0 Å². The number of allylic oxidation sites excluding steroid dienone is 2. The van der Waals surface area contributed by atoms with Crippen molar-refractivity contribution in [2.45, 2.75) is 69.1 Å². The standard InChI is InChI=1S/C23H23F9O4S/c1-2-4-13-7-9-14(10-8-13)21(36-22(27,28)29)12-11-16(15-5-3-6-17(24)18(15)25)19(20(21)26)35-37(33,34)23(30,31)32/h3,5-6,11-14,20H,2,4,7-10H2,1H3. The average Bonchev–Trinajstić information content (AvgIpc) is 2.78. The lowest BCUT2D eigenvalue weighted by molar-refractivity contribution is -0.374. The minimum absolute atomic E-state index is 0.0194. The smallest absolute Gasteiger partial charge is 0.377 e. The van der Waals surface area contributed by atoms with Gasteiger partial charge >= 0.3 is 22.0 Å². The van der Waals surface area contributed by atoms with Crippen molar-refractivity contribution in [1.29, 1.82) is 0 Å². The molecule has 0 N–H and O–H groups in total. The number of halogens is 9. The molecule has 208 valence electrons. The largest absolute Gasteiger partial charge is 0.534 e. The first kappa shape index (κ1) is 29.3. The van der Waals surface area contributed by atoms with Crippen molar-refractivity contribution in [3.8, 4) is 0 Å². The summed E-state index contributed by atoms with van der Waals surface area (Å²) in [4.78, 5) is 0. The molecular formula is C23H23F9O4S. The SMILES string of the molecule is CCCC1CCC(C2(OC(F)(F)F)C=CC(c3cccc(F)c3F)=C(OS(=O)(=O)C(F)(F)F)C2F)CC1. The predicted octanol–water partition coefficient (Wildman–Crippen LogP) is 7.33. The Balaban J connectivity index is 2.18. The lowest BCUT2D eigenvalue weighted by Crippen LogP contribution is -2.54. The van der Waals surface area contributed by atoms with E-state index in [1.54, 1.807) is 0 Å². The van der Waals surface area contributed by atoms with Crippen LogP contribution < -0.4 is 0 Å². The van der Waals surface area contributed by atoms with Crippen LogP contribution in [0.1, 0.15) is 51.0 Å². The second kappa shape index (κ2) is 10.5. The molecular weight excluding hydrogens is 543 g/mol. The Bertz CT molecular complexity index is 1150. The number of hydrogen-bond donors (Lipinski definition) is 0. The summed E-state index contributed by atoms with van der Waals surface area (Å²) in [5, 5.41) is 0. The number of ether oxygens (including phenoxy) is 1. The average molecular weight is 566 g/mol. The molecule has 0 saturated heterocycles. The van der Waals surface area contributed by atoms with Crippen molar-refractivity contribution in [3.63, 3.8) is 0 Å². The Hall–Kier alpha value is -2.22. The van der Waals surface area contributed by atoms with E-state index in [0.717, 1.165) is 25.0 Å². The number of benzene rings is 1. The second-order valence-electron chi connectivity index (χ2n) is 8.97. The monoisotopic (exact) mass is 566 g/mol. The molecule has 0 aromatic heterocycles. The molecule has 1 aromatic rings. The summed E-state index contributed by atoms with van der Waals surface area (Å²) in [6, 6.07) is 2.29. The van der Waals surface area contributed by atoms with Gasteiger partial charge < -0.3 is 4.18 Å². The molecule has 1 fully saturated rings. The van der Waals surface area contributed by atoms with E-state index in [1.165, 1.54) is 0 Å². The topological polar surface area (TPSA) is 52.6 Å². The van der Waals surface area contributed by atoms with Crippen LogP contribution in [0.15, 0.2) is 36.1 Å². The molecule has 0 amide bonds. The molecule has 2 atom stereocenters. The van der Waals surface area contributed by atoms with Gasteiger partial charge in [-0.1, -0.05) is 50.8 Å². The minimum atomic E-state index is -6.62. The van der Waals surface area contributed by atoms with E-state index in [-0.39, 0.29) is 18.8 Å². The number of hydrogen-bond acceptors (Lipinski definition) is 4. The first-order chi connectivity index (χ1) is 17.0. The van der Waals surface area contributed by atoms with Crippen molar-refractivity contribution in [1.82, 2.24) is 0 Å². The van der Waals surface area contributed by atoms with Crippen LogP contribution in [0, 0.1) is 23.5 Å². The van der Waals surface area contributed by atoms with Crippen molar-refractivity contribution in [2.24, 2.45) is 11.8 Å². The van der Waals surface area contributed by atoms with Gasteiger partial charge in [0.05, 0.1) is 0 Å². The fourth-order valence-electron chi connectivity index (χ4n) is 4.93. The molecule has 14 heteroatoms. The molecule has 2 aliphatic carbocycles. The molecule has 3 rings (SSSR count). The van der Waals surface area contributed by atoms with E-state index in [2.05, 4.69) is 8.92 Å². The van der Waals surface area contributed by atoms with Crippen LogP contribution in [0.5, 0.6) is 0 Å². The molecule has 0 aliphatic heterocycles. The van der Waals surface area contributed by atoms with Crippen molar-refractivity contribution in [3.05, 3.63) is 53.3 Å². The number of rotatable bonds is 7. The molecule has 37 heavy (non-hydrogen) atoms. The van der Waals surface area contributed by atoms with Gasteiger partial charge in [-0.15, -0.1) is 13.2 Å². The van der Waals surface area contributed by atoms with Gasteiger partial charge in [0.15, 0.2) is 23.6 Å². The van der Waals surface area contributed by atoms with Gasteiger partial charge in [-0.3, -0.25) is 4.74 Å². The van der Waals surface area contributed by atoms with E-state index in [0.29, 0.717) is 31.1 Å². The highest BCUT2D eigenvalue weighted by Crippen LogP contribution is 2.50. The molecule has 0 radical (unpaired) electrons. The summed E-state index contributed by atoms with van der Waals surface area (Å²) in [6.45, 7) is 1.91. The third-order valence-corrected chi connectivity index (χ3v) is 7.57. The molecule has 2 aliphatic rings. The summed E-state index contributed by atoms with van der Waals surface area (Å²) in [6.07, 6.45) is -5.38. The first-order valence-corrected chi connectivity index (χ1v) is 12.7. The molecule has 0 bridgehead atoms. The highest BCUT2D eigenvalue weighted by atomic mass is 32.2. The molecule has 2 unspecified atom stereocenters. The quantitative estimate of drug-likeness (QED) is 0.197. The maximum absolute atomic E-state index is 16.1. The van der Waals surface area contributed by atoms with E-state index >= 15 is 4.39 Å². The van der Waals surface area contributed by atoms with Gasteiger partial charge in [0.1, 0.15) is 5.60 Å². The lowest BCUT2D eigenvalue weighted by atomic mass is 9.68. The molecule has 0 spiro atoms. The third-order valence-electron chi connectivity index (χ3n) is 6.60. The van der Waals surface area contributed by atoms with Crippen LogP contribution in [0.25, 0.3) is 5.57 Å². The van der Waals surface area contributed by atoms with Crippen LogP contribution in [0.2, 0.25) is 0 Å². The number of alkyl halides is 7. The zero-order valence-corrected chi connectivity index (χ0v) is 20.1. The van der Waals surface area contributed by atoms with Gasteiger partial charge in [-0.2, -0.15) is 21.6 Å². The Morgan fingerprint density at radius 1 is 1.03 bits per heavy atom. The summed E-state index contributed by atoms with van der Waals surface area (Å²) in [5.74, 6) is -6.14. The van der Waals surface area contributed by atoms with Gasteiger partial charge in [-0.25, -0.2) is 13.2 Å². The second-order valence-corrected chi connectivity index (χ2v) is 10.5. The van der Waals surface area contributed by atoms with E-state index < -0.39 is 68.2 Å². The third kappa shape index (κ3) is 6.10.